The van der Waals surface area contributed by atoms with Crippen LogP contribution in [-0.4, -0.2) is 32.6 Å². The van der Waals surface area contributed by atoms with Gasteiger partial charge in [0, 0.05) is 11.1 Å². The number of halogens is 1. The molecule has 0 saturated carbocycles. The van der Waals surface area contributed by atoms with Crippen LogP contribution < -0.4 is 9.47 Å². The van der Waals surface area contributed by atoms with Crippen LogP contribution in [0.1, 0.15) is 17.3 Å². The molecule has 0 radical (unpaired) electrons. The Labute approximate surface area is 110 Å². The lowest BCUT2D eigenvalue weighted by Gasteiger charge is -2.12. The highest BCUT2D eigenvalue weighted by atomic mass is 35.5. The van der Waals surface area contributed by atoms with Crippen molar-refractivity contribution in [3.63, 3.8) is 0 Å². The Bertz CT molecular complexity index is 444. The Morgan fingerprint density at radius 3 is 2.72 bits per heavy atom. The fourth-order valence-electron chi connectivity index (χ4n) is 1.32. The first-order chi connectivity index (χ1) is 8.62. The van der Waals surface area contributed by atoms with Crippen LogP contribution in [0.15, 0.2) is 12.1 Å². The quantitative estimate of drug-likeness (QED) is 0.586. The van der Waals surface area contributed by atoms with Crippen molar-refractivity contribution in [2.24, 2.45) is 0 Å². The molecule has 0 aromatic heterocycles. The van der Waals surface area contributed by atoms with E-state index < -0.39 is 5.97 Å². The van der Waals surface area contributed by atoms with Crippen molar-refractivity contribution in [2.45, 2.75) is 6.92 Å². The van der Waals surface area contributed by atoms with Crippen LogP contribution in [0.4, 0.5) is 0 Å². The molecule has 0 N–H and O–H groups in total. The Hall–Kier alpha value is -1.75. The molecule has 0 aliphatic rings. The van der Waals surface area contributed by atoms with E-state index in [0.29, 0.717) is 11.3 Å². The van der Waals surface area contributed by atoms with Gasteiger partial charge >= 0.3 is 5.97 Å². The van der Waals surface area contributed by atoms with Gasteiger partial charge in [0.1, 0.15) is 0 Å². The summed E-state index contributed by atoms with van der Waals surface area (Å²) in [6, 6.07) is 2.92. The van der Waals surface area contributed by atoms with Crippen LogP contribution in [-0.2, 0) is 9.53 Å². The smallest absolute Gasteiger partial charge is 0.344 e. The minimum atomic E-state index is -0.522. The van der Waals surface area contributed by atoms with Crippen molar-refractivity contribution in [3.05, 3.63) is 22.7 Å². The number of carbonyl (C=O) groups is 2. The molecule has 0 aliphatic heterocycles. The van der Waals surface area contributed by atoms with Crippen molar-refractivity contribution >= 4 is 23.9 Å². The third-order valence-corrected chi connectivity index (χ3v) is 2.25. The Morgan fingerprint density at radius 2 is 2.17 bits per heavy atom. The molecule has 0 heterocycles. The van der Waals surface area contributed by atoms with Crippen LogP contribution in [0.5, 0.6) is 11.5 Å². The zero-order valence-corrected chi connectivity index (χ0v) is 10.8. The second-order valence-corrected chi connectivity index (χ2v) is 3.67. The van der Waals surface area contributed by atoms with Crippen LogP contribution >= 0.6 is 11.6 Å². The van der Waals surface area contributed by atoms with Crippen LogP contribution in [0.2, 0.25) is 5.02 Å². The highest BCUT2D eigenvalue weighted by Gasteiger charge is 2.14. The Balaban J connectivity index is 2.92. The van der Waals surface area contributed by atoms with Crippen LogP contribution in [0, 0.1) is 0 Å². The molecular weight excluding hydrogens is 260 g/mol. The third kappa shape index (κ3) is 3.63. The van der Waals surface area contributed by atoms with Gasteiger partial charge in [-0.3, -0.25) is 4.79 Å². The topological polar surface area (TPSA) is 61.8 Å². The minimum absolute atomic E-state index is 0.171. The lowest BCUT2D eigenvalue weighted by atomic mass is 10.2. The maximum Gasteiger partial charge on any atom is 0.344 e. The third-order valence-electron chi connectivity index (χ3n) is 2.03. The Kier molecular flexibility index (Phi) is 5.45. The minimum Gasteiger partial charge on any atom is -0.493 e. The van der Waals surface area contributed by atoms with E-state index in [4.69, 9.17) is 25.8 Å². The molecule has 0 unspecified atom stereocenters. The number of ether oxygens (including phenoxy) is 3. The van der Waals surface area contributed by atoms with Gasteiger partial charge in [-0.2, -0.15) is 0 Å². The van der Waals surface area contributed by atoms with Gasteiger partial charge in [0.05, 0.1) is 19.3 Å². The van der Waals surface area contributed by atoms with E-state index in [1.165, 1.54) is 19.2 Å². The summed E-state index contributed by atoms with van der Waals surface area (Å²) in [4.78, 5) is 22.1. The first-order valence-electron chi connectivity index (χ1n) is 5.23. The fourth-order valence-corrected chi connectivity index (χ4v) is 1.53. The number of rotatable bonds is 6. The van der Waals surface area contributed by atoms with Crippen molar-refractivity contribution < 1.29 is 23.8 Å². The molecule has 1 aromatic rings. The van der Waals surface area contributed by atoms with Gasteiger partial charge in [-0.1, -0.05) is 11.6 Å². The first kappa shape index (κ1) is 14.3. The predicted octanol–water partition coefficient (Wildman–Crippen LogP) is 2.10. The SMILES string of the molecule is CCOC(=O)COc1c(C=O)cc(Cl)cc1OC. The molecule has 0 amide bonds. The van der Waals surface area contributed by atoms with Crippen molar-refractivity contribution in [1.82, 2.24) is 0 Å². The summed E-state index contributed by atoms with van der Waals surface area (Å²) in [6.07, 6.45) is 0.578. The largest absolute Gasteiger partial charge is 0.493 e. The number of hydrogen-bond donors (Lipinski definition) is 0. The van der Waals surface area contributed by atoms with Gasteiger partial charge in [0.2, 0.25) is 0 Å². The van der Waals surface area contributed by atoms with E-state index in [1.54, 1.807) is 6.92 Å². The van der Waals surface area contributed by atoms with Crippen molar-refractivity contribution in [2.75, 3.05) is 20.3 Å². The van der Waals surface area contributed by atoms with Crippen LogP contribution in [0.25, 0.3) is 0 Å². The number of carbonyl (C=O) groups excluding carboxylic acids is 2. The van der Waals surface area contributed by atoms with Gasteiger partial charge in [-0.15, -0.1) is 0 Å². The van der Waals surface area contributed by atoms with Gasteiger partial charge in [0.15, 0.2) is 24.4 Å². The van der Waals surface area contributed by atoms with Crippen molar-refractivity contribution in [3.8, 4) is 11.5 Å². The zero-order chi connectivity index (χ0) is 13.5. The molecule has 0 spiro atoms. The van der Waals surface area contributed by atoms with Crippen molar-refractivity contribution in [1.29, 1.82) is 0 Å². The molecule has 0 saturated heterocycles. The number of esters is 1. The molecule has 0 bridgehead atoms. The maximum atomic E-state index is 11.2. The summed E-state index contributed by atoms with van der Waals surface area (Å²) in [5.41, 5.74) is 0.212. The molecule has 1 aromatic carbocycles. The summed E-state index contributed by atoms with van der Waals surface area (Å²) < 4.78 is 15.0. The summed E-state index contributed by atoms with van der Waals surface area (Å²) in [7, 11) is 1.41. The first-order valence-corrected chi connectivity index (χ1v) is 5.61. The van der Waals surface area contributed by atoms with Crippen LogP contribution in [0.3, 0.4) is 0 Å². The normalized spacial score (nSPS) is 9.72. The molecule has 0 fully saturated rings. The summed E-state index contributed by atoms with van der Waals surface area (Å²) >= 11 is 5.81. The number of benzene rings is 1. The van der Waals surface area contributed by atoms with Gasteiger partial charge < -0.3 is 14.2 Å². The lowest BCUT2D eigenvalue weighted by Crippen LogP contribution is -2.15. The van der Waals surface area contributed by atoms with Gasteiger partial charge in [-0.25, -0.2) is 4.79 Å². The molecule has 18 heavy (non-hydrogen) atoms. The molecular formula is C12H13ClO5. The van der Waals surface area contributed by atoms with E-state index in [2.05, 4.69) is 0 Å². The molecule has 0 atom stereocenters. The van der Waals surface area contributed by atoms with E-state index in [1.807, 2.05) is 0 Å². The second kappa shape index (κ2) is 6.86. The Morgan fingerprint density at radius 1 is 1.44 bits per heavy atom. The number of aldehydes is 1. The standard InChI is InChI=1S/C12H13ClO5/c1-3-17-11(15)7-18-12-8(6-14)4-9(13)5-10(12)16-2/h4-6H,3,7H2,1-2H3. The molecule has 6 heteroatoms. The average Bonchev–Trinajstić information content (AvgIpc) is 2.36. The molecule has 0 aliphatic carbocycles. The summed E-state index contributed by atoms with van der Waals surface area (Å²) in [5, 5.41) is 0.345. The molecule has 1 rings (SSSR count). The highest BCUT2D eigenvalue weighted by molar-refractivity contribution is 6.31. The van der Waals surface area contributed by atoms with Gasteiger partial charge in [0.25, 0.3) is 0 Å². The predicted molar refractivity (Wildman–Crippen MR) is 65.5 cm³/mol. The lowest BCUT2D eigenvalue weighted by molar-refractivity contribution is -0.145. The average molecular weight is 273 g/mol. The highest BCUT2D eigenvalue weighted by Crippen LogP contribution is 2.33. The fraction of sp³-hybridized carbons (Fsp3) is 0.333. The molecule has 98 valence electrons. The molecule has 5 nitrogen and oxygen atoms in total. The van der Waals surface area contributed by atoms with E-state index in [9.17, 15) is 9.59 Å². The maximum absolute atomic E-state index is 11.2. The van der Waals surface area contributed by atoms with E-state index in [-0.39, 0.29) is 30.3 Å². The van der Waals surface area contributed by atoms with Gasteiger partial charge in [-0.05, 0) is 13.0 Å². The number of hydrogen-bond acceptors (Lipinski definition) is 5. The summed E-state index contributed by atoms with van der Waals surface area (Å²) in [6.45, 7) is 1.66. The number of methoxy groups -OCH3 is 1. The monoisotopic (exact) mass is 272 g/mol. The van der Waals surface area contributed by atoms with E-state index >= 15 is 0 Å². The zero-order valence-electron chi connectivity index (χ0n) is 10.1. The second-order valence-electron chi connectivity index (χ2n) is 3.24. The summed E-state index contributed by atoms with van der Waals surface area (Å²) in [5.74, 6) is -0.0646. The van der Waals surface area contributed by atoms with E-state index in [0.717, 1.165) is 0 Å².